The van der Waals surface area contributed by atoms with Crippen molar-refractivity contribution in [2.75, 3.05) is 11.5 Å². The fourth-order valence-corrected chi connectivity index (χ4v) is 4.24. The summed E-state index contributed by atoms with van der Waals surface area (Å²) in [5, 5.41) is 11.8. The van der Waals surface area contributed by atoms with Crippen LogP contribution in [0.2, 0.25) is 0 Å². The second-order valence-corrected chi connectivity index (χ2v) is 7.95. The van der Waals surface area contributed by atoms with Crippen molar-refractivity contribution in [2.24, 2.45) is 5.92 Å². The van der Waals surface area contributed by atoms with E-state index >= 15 is 0 Å². The molecule has 1 amide bonds. The SMILES string of the molecule is Cc1ccc(C(NC(=O)C2CCS(=O)(=O)C2)C(=O)O)cc1C. The molecule has 1 fully saturated rings. The summed E-state index contributed by atoms with van der Waals surface area (Å²) in [4.78, 5) is 23.6. The Morgan fingerprint density at radius 2 is 1.95 bits per heavy atom. The van der Waals surface area contributed by atoms with Crippen molar-refractivity contribution < 1.29 is 23.1 Å². The highest BCUT2D eigenvalue weighted by Gasteiger charge is 2.35. The lowest BCUT2D eigenvalue weighted by molar-refractivity contribution is -0.142. The minimum Gasteiger partial charge on any atom is -0.479 e. The highest BCUT2D eigenvalue weighted by molar-refractivity contribution is 7.91. The van der Waals surface area contributed by atoms with Gasteiger partial charge in [0, 0.05) is 0 Å². The maximum absolute atomic E-state index is 12.1. The number of sulfone groups is 1. The lowest BCUT2D eigenvalue weighted by atomic mass is 10.00. The quantitative estimate of drug-likeness (QED) is 0.859. The first-order chi connectivity index (χ1) is 10.2. The van der Waals surface area contributed by atoms with Crippen molar-refractivity contribution in [1.82, 2.24) is 5.32 Å². The molecule has 1 saturated heterocycles. The summed E-state index contributed by atoms with van der Waals surface area (Å²) in [6.45, 7) is 3.78. The lowest BCUT2D eigenvalue weighted by Crippen LogP contribution is -2.38. The zero-order valence-electron chi connectivity index (χ0n) is 12.5. The van der Waals surface area contributed by atoms with Gasteiger partial charge in [-0.3, -0.25) is 4.79 Å². The van der Waals surface area contributed by atoms with Gasteiger partial charge < -0.3 is 10.4 Å². The predicted molar refractivity (Wildman–Crippen MR) is 81.2 cm³/mol. The molecule has 0 aromatic heterocycles. The molecule has 1 aliphatic heterocycles. The Balaban J connectivity index is 2.17. The molecule has 2 rings (SSSR count). The molecule has 120 valence electrons. The van der Waals surface area contributed by atoms with Gasteiger partial charge in [0.2, 0.25) is 5.91 Å². The number of carboxylic acid groups (broad SMARTS) is 1. The Hall–Kier alpha value is -1.89. The van der Waals surface area contributed by atoms with Crippen molar-refractivity contribution in [3.05, 3.63) is 34.9 Å². The monoisotopic (exact) mass is 325 g/mol. The van der Waals surface area contributed by atoms with Gasteiger partial charge >= 0.3 is 5.97 Å². The number of aryl methyl sites for hydroxylation is 2. The predicted octanol–water partition coefficient (Wildman–Crippen LogP) is 0.980. The number of carboxylic acids is 1. The van der Waals surface area contributed by atoms with Crippen molar-refractivity contribution in [1.29, 1.82) is 0 Å². The molecule has 2 atom stereocenters. The number of hydrogen-bond donors (Lipinski definition) is 2. The number of rotatable bonds is 4. The van der Waals surface area contributed by atoms with Crippen LogP contribution in [0.15, 0.2) is 18.2 Å². The number of carbonyl (C=O) groups excluding carboxylic acids is 1. The number of aliphatic carboxylic acids is 1. The number of benzene rings is 1. The number of amides is 1. The molecule has 0 saturated carbocycles. The van der Waals surface area contributed by atoms with Crippen LogP contribution in [0, 0.1) is 19.8 Å². The Morgan fingerprint density at radius 1 is 1.27 bits per heavy atom. The second-order valence-electron chi connectivity index (χ2n) is 5.72. The molecular weight excluding hydrogens is 306 g/mol. The van der Waals surface area contributed by atoms with E-state index in [2.05, 4.69) is 5.32 Å². The maximum atomic E-state index is 12.1. The molecule has 22 heavy (non-hydrogen) atoms. The standard InChI is InChI=1S/C15H19NO5S/c1-9-3-4-11(7-10(9)2)13(15(18)19)16-14(17)12-5-6-22(20,21)8-12/h3-4,7,12-13H,5-6,8H2,1-2H3,(H,16,17)(H,18,19). The maximum Gasteiger partial charge on any atom is 0.330 e. The molecule has 1 heterocycles. The summed E-state index contributed by atoms with van der Waals surface area (Å²) in [5.41, 5.74) is 2.44. The van der Waals surface area contributed by atoms with E-state index in [1.54, 1.807) is 18.2 Å². The van der Waals surface area contributed by atoms with Gasteiger partial charge in [-0.25, -0.2) is 13.2 Å². The van der Waals surface area contributed by atoms with E-state index in [0.717, 1.165) is 11.1 Å². The van der Waals surface area contributed by atoms with E-state index in [0.29, 0.717) is 5.56 Å². The van der Waals surface area contributed by atoms with E-state index < -0.39 is 33.7 Å². The lowest BCUT2D eigenvalue weighted by Gasteiger charge is -2.18. The van der Waals surface area contributed by atoms with Crippen LogP contribution in [0.1, 0.15) is 29.2 Å². The number of hydrogen-bond acceptors (Lipinski definition) is 4. The zero-order chi connectivity index (χ0) is 16.5. The average Bonchev–Trinajstić information content (AvgIpc) is 2.79. The average molecular weight is 325 g/mol. The van der Waals surface area contributed by atoms with Crippen LogP contribution in [0.4, 0.5) is 0 Å². The summed E-state index contributed by atoms with van der Waals surface area (Å²) in [7, 11) is -3.18. The Bertz CT molecular complexity index is 711. The minimum absolute atomic E-state index is 0.0214. The van der Waals surface area contributed by atoms with Crippen LogP contribution in [0.3, 0.4) is 0 Å². The smallest absolute Gasteiger partial charge is 0.330 e. The van der Waals surface area contributed by atoms with E-state index in [-0.39, 0.29) is 17.9 Å². The molecule has 6 nitrogen and oxygen atoms in total. The van der Waals surface area contributed by atoms with Gasteiger partial charge in [-0.15, -0.1) is 0 Å². The van der Waals surface area contributed by atoms with Crippen LogP contribution in [-0.2, 0) is 19.4 Å². The van der Waals surface area contributed by atoms with Crippen molar-refractivity contribution >= 4 is 21.7 Å². The number of carbonyl (C=O) groups is 2. The van der Waals surface area contributed by atoms with Gasteiger partial charge in [0.15, 0.2) is 15.9 Å². The first kappa shape index (κ1) is 16.5. The second kappa shape index (κ2) is 6.08. The molecular formula is C15H19NO5S. The molecule has 1 aromatic carbocycles. The fraction of sp³-hybridized carbons (Fsp3) is 0.467. The normalized spacial score (nSPS) is 21.3. The summed E-state index contributed by atoms with van der Waals surface area (Å²) in [6.07, 6.45) is 0.243. The van der Waals surface area contributed by atoms with E-state index in [1.807, 2.05) is 13.8 Å². The molecule has 0 bridgehead atoms. The van der Waals surface area contributed by atoms with E-state index in [4.69, 9.17) is 0 Å². The van der Waals surface area contributed by atoms with Gasteiger partial charge in [-0.05, 0) is 37.0 Å². The molecule has 0 radical (unpaired) electrons. The van der Waals surface area contributed by atoms with Crippen molar-refractivity contribution in [3.8, 4) is 0 Å². The van der Waals surface area contributed by atoms with Crippen LogP contribution in [-0.4, -0.2) is 36.9 Å². The van der Waals surface area contributed by atoms with Crippen LogP contribution >= 0.6 is 0 Å². The summed E-state index contributed by atoms with van der Waals surface area (Å²) in [6, 6.07) is 4.01. The van der Waals surface area contributed by atoms with Gasteiger partial charge in [-0.2, -0.15) is 0 Å². The molecule has 7 heteroatoms. The van der Waals surface area contributed by atoms with Crippen LogP contribution < -0.4 is 5.32 Å². The molecule has 0 aliphatic carbocycles. The van der Waals surface area contributed by atoms with Crippen molar-refractivity contribution in [3.63, 3.8) is 0 Å². The summed E-state index contributed by atoms with van der Waals surface area (Å²) < 4.78 is 22.8. The Kier molecular flexibility index (Phi) is 4.55. The van der Waals surface area contributed by atoms with Crippen molar-refractivity contribution in [2.45, 2.75) is 26.3 Å². The Morgan fingerprint density at radius 3 is 2.45 bits per heavy atom. The highest BCUT2D eigenvalue weighted by Crippen LogP contribution is 2.22. The first-order valence-electron chi connectivity index (χ1n) is 7.00. The largest absolute Gasteiger partial charge is 0.479 e. The topological polar surface area (TPSA) is 101 Å². The van der Waals surface area contributed by atoms with Gasteiger partial charge in [0.1, 0.15) is 0 Å². The van der Waals surface area contributed by atoms with Gasteiger partial charge in [0.05, 0.1) is 17.4 Å². The van der Waals surface area contributed by atoms with Gasteiger partial charge in [0.25, 0.3) is 0 Å². The van der Waals surface area contributed by atoms with Crippen LogP contribution in [0.25, 0.3) is 0 Å². The van der Waals surface area contributed by atoms with Crippen LogP contribution in [0.5, 0.6) is 0 Å². The molecule has 1 aromatic rings. The molecule has 2 unspecified atom stereocenters. The van der Waals surface area contributed by atoms with Gasteiger partial charge in [-0.1, -0.05) is 18.2 Å². The minimum atomic E-state index is -3.18. The first-order valence-corrected chi connectivity index (χ1v) is 8.82. The third-order valence-corrected chi connectivity index (χ3v) is 5.77. The molecule has 0 spiro atoms. The molecule has 2 N–H and O–H groups in total. The zero-order valence-corrected chi connectivity index (χ0v) is 13.3. The molecule has 1 aliphatic rings. The van der Waals surface area contributed by atoms with E-state index in [9.17, 15) is 23.1 Å². The third-order valence-electron chi connectivity index (χ3n) is 4.00. The highest BCUT2D eigenvalue weighted by atomic mass is 32.2. The fourth-order valence-electron chi connectivity index (χ4n) is 2.49. The third kappa shape index (κ3) is 3.65. The van der Waals surface area contributed by atoms with E-state index in [1.165, 1.54) is 0 Å². The Labute approximate surface area is 129 Å². The summed E-state index contributed by atoms with van der Waals surface area (Å²) >= 11 is 0. The number of nitrogens with one attached hydrogen (secondary N) is 1. The summed E-state index contributed by atoms with van der Waals surface area (Å²) in [5.74, 6) is -2.59.